The molecule has 6 nitrogen and oxygen atoms in total. The van der Waals surface area contributed by atoms with E-state index in [1.165, 1.54) is 0 Å². The summed E-state index contributed by atoms with van der Waals surface area (Å²) in [6.45, 7) is 12.4. The van der Waals surface area contributed by atoms with Crippen molar-refractivity contribution < 1.29 is 9.53 Å². The topological polar surface area (TPSA) is 74.8 Å². The lowest BCUT2D eigenvalue weighted by Gasteiger charge is -2.30. The van der Waals surface area contributed by atoms with Crippen molar-refractivity contribution in [3.05, 3.63) is 0 Å². The predicted molar refractivity (Wildman–Crippen MR) is 82.9 cm³/mol. The second-order valence-electron chi connectivity index (χ2n) is 5.62. The lowest BCUT2D eigenvalue weighted by atomic mass is 9.89. The van der Waals surface area contributed by atoms with Gasteiger partial charge in [0.05, 0.1) is 6.10 Å². The number of hydrogen-bond donors (Lipinski definition) is 3. The number of carbonyl (C=O) groups is 1. The standard InChI is InChI=1S/C14H30N4O2/c1-7-15-12(19)10-18-13(16-8-2)17-9-11(20-6)14(3,4)5/h11H,7-10H2,1-6H3,(H,15,19)(H2,16,17,18). The van der Waals surface area contributed by atoms with E-state index < -0.39 is 0 Å². The molecule has 0 aliphatic heterocycles. The first-order valence-corrected chi connectivity index (χ1v) is 7.16. The maximum absolute atomic E-state index is 11.4. The minimum atomic E-state index is -0.0798. The molecule has 0 spiro atoms. The zero-order chi connectivity index (χ0) is 15.6. The quantitative estimate of drug-likeness (QED) is 0.477. The van der Waals surface area contributed by atoms with Crippen molar-refractivity contribution in [3.8, 4) is 0 Å². The summed E-state index contributed by atoms with van der Waals surface area (Å²) in [6.07, 6.45) is 0.0656. The summed E-state index contributed by atoms with van der Waals surface area (Å²) in [5, 5.41) is 9.04. The van der Waals surface area contributed by atoms with Crippen LogP contribution in [0.15, 0.2) is 4.99 Å². The molecule has 0 bridgehead atoms. The second-order valence-corrected chi connectivity index (χ2v) is 5.62. The number of nitrogens with one attached hydrogen (secondary N) is 3. The normalized spacial score (nSPS) is 13.8. The average molecular weight is 286 g/mol. The van der Waals surface area contributed by atoms with E-state index in [4.69, 9.17) is 4.74 Å². The van der Waals surface area contributed by atoms with Crippen LogP contribution in [0.4, 0.5) is 0 Å². The third-order valence-electron chi connectivity index (χ3n) is 2.80. The Morgan fingerprint density at radius 1 is 1.15 bits per heavy atom. The van der Waals surface area contributed by atoms with Gasteiger partial charge in [-0.05, 0) is 19.3 Å². The third kappa shape index (κ3) is 7.99. The van der Waals surface area contributed by atoms with E-state index in [9.17, 15) is 4.79 Å². The van der Waals surface area contributed by atoms with Gasteiger partial charge >= 0.3 is 0 Å². The van der Waals surface area contributed by atoms with Crippen molar-refractivity contribution in [2.75, 3.05) is 33.3 Å². The van der Waals surface area contributed by atoms with Crippen LogP contribution >= 0.6 is 0 Å². The van der Waals surface area contributed by atoms with Crippen LogP contribution < -0.4 is 16.0 Å². The van der Waals surface area contributed by atoms with Crippen molar-refractivity contribution in [2.24, 2.45) is 10.4 Å². The Balaban J connectivity index is 4.46. The highest BCUT2D eigenvalue weighted by Crippen LogP contribution is 2.20. The molecule has 0 aromatic rings. The first-order valence-electron chi connectivity index (χ1n) is 7.16. The number of guanidine groups is 1. The van der Waals surface area contributed by atoms with Gasteiger partial charge in [0, 0.05) is 26.7 Å². The molecular formula is C14H30N4O2. The van der Waals surface area contributed by atoms with E-state index in [1.807, 2.05) is 13.8 Å². The molecular weight excluding hydrogens is 256 g/mol. The largest absolute Gasteiger partial charge is 0.379 e. The molecule has 1 amide bonds. The number of carbonyl (C=O) groups excluding carboxylic acids is 1. The molecule has 1 atom stereocenters. The van der Waals surface area contributed by atoms with Crippen molar-refractivity contribution in [3.63, 3.8) is 0 Å². The Kier molecular flexibility index (Phi) is 8.96. The van der Waals surface area contributed by atoms with Gasteiger partial charge in [-0.25, -0.2) is 4.99 Å². The third-order valence-corrected chi connectivity index (χ3v) is 2.80. The van der Waals surface area contributed by atoms with Crippen molar-refractivity contribution in [1.29, 1.82) is 0 Å². The summed E-state index contributed by atoms with van der Waals surface area (Å²) in [4.78, 5) is 15.7. The van der Waals surface area contributed by atoms with Gasteiger partial charge in [0.15, 0.2) is 5.96 Å². The van der Waals surface area contributed by atoms with Gasteiger partial charge in [0.25, 0.3) is 0 Å². The van der Waals surface area contributed by atoms with Crippen LogP contribution in [0.2, 0.25) is 0 Å². The second kappa shape index (κ2) is 9.58. The molecule has 20 heavy (non-hydrogen) atoms. The van der Waals surface area contributed by atoms with Crippen LogP contribution in [-0.2, 0) is 9.53 Å². The molecule has 6 heteroatoms. The highest BCUT2D eigenvalue weighted by Gasteiger charge is 2.24. The number of aliphatic imine (C=N–C) groups is 1. The lowest BCUT2D eigenvalue weighted by Crippen LogP contribution is -2.45. The van der Waals surface area contributed by atoms with Gasteiger partial charge in [-0.3, -0.25) is 4.79 Å². The van der Waals surface area contributed by atoms with E-state index >= 15 is 0 Å². The molecule has 0 heterocycles. The highest BCUT2D eigenvalue weighted by molar-refractivity contribution is 5.84. The molecule has 118 valence electrons. The van der Waals surface area contributed by atoms with Crippen LogP contribution in [0.3, 0.4) is 0 Å². The number of hydrogen-bond acceptors (Lipinski definition) is 3. The maximum Gasteiger partial charge on any atom is 0.241 e. The smallest absolute Gasteiger partial charge is 0.241 e. The highest BCUT2D eigenvalue weighted by atomic mass is 16.5. The molecule has 0 saturated carbocycles. The minimum Gasteiger partial charge on any atom is -0.379 e. The molecule has 0 aliphatic carbocycles. The molecule has 1 unspecified atom stereocenters. The number of ether oxygens (including phenoxy) is 1. The maximum atomic E-state index is 11.4. The monoisotopic (exact) mass is 286 g/mol. The number of amides is 1. The van der Waals surface area contributed by atoms with E-state index in [0.717, 1.165) is 6.54 Å². The molecule has 3 N–H and O–H groups in total. The van der Waals surface area contributed by atoms with E-state index in [1.54, 1.807) is 7.11 Å². The molecule has 0 rings (SSSR count). The first-order chi connectivity index (χ1) is 9.35. The van der Waals surface area contributed by atoms with Gasteiger partial charge in [0.1, 0.15) is 6.54 Å². The Bertz CT molecular complexity index is 311. The predicted octanol–water partition coefficient (Wildman–Crippen LogP) is 0.739. The van der Waals surface area contributed by atoms with Gasteiger partial charge in [-0.2, -0.15) is 0 Å². The van der Waals surface area contributed by atoms with Gasteiger partial charge in [-0.1, -0.05) is 20.8 Å². The summed E-state index contributed by atoms with van der Waals surface area (Å²) < 4.78 is 5.48. The Labute approximate surface area is 122 Å². The van der Waals surface area contributed by atoms with Crippen LogP contribution in [0.5, 0.6) is 0 Å². The number of likely N-dealkylation sites (N-methyl/N-ethyl adjacent to an activating group) is 1. The van der Waals surface area contributed by atoms with E-state index in [0.29, 0.717) is 19.0 Å². The Morgan fingerprint density at radius 3 is 2.20 bits per heavy atom. The van der Waals surface area contributed by atoms with Crippen LogP contribution in [0, 0.1) is 5.41 Å². The summed E-state index contributed by atoms with van der Waals surface area (Å²) in [7, 11) is 1.70. The van der Waals surface area contributed by atoms with Crippen molar-refractivity contribution in [2.45, 2.75) is 40.7 Å². The Morgan fingerprint density at radius 2 is 1.75 bits per heavy atom. The van der Waals surface area contributed by atoms with Crippen molar-refractivity contribution in [1.82, 2.24) is 16.0 Å². The molecule has 0 aliphatic rings. The number of rotatable bonds is 7. The van der Waals surface area contributed by atoms with Gasteiger partial charge < -0.3 is 20.7 Å². The molecule has 0 fully saturated rings. The van der Waals surface area contributed by atoms with Crippen LogP contribution in [0.1, 0.15) is 34.6 Å². The average Bonchev–Trinajstić information content (AvgIpc) is 2.35. The van der Waals surface area contributed by atoms with E-state index in [2.05, 4.69) is 41.7 Å². The lowest BCUT2D eigenvalue weighted by molar-refractivity contribution is -0.119. The van der Waals surface area contributed by atoms with Crippen molar-refractivity contribution >= 4 is 11.9 Å². The Hall–Kier alpha value is -1.30. The molecule has 0 aromatic heterocycles. The summed E-state index contributed by atoms with van der Waals surface area (Å²) in [5.41, 5.74) is 0.0403. The minimum absolute atomic E-state index is 0.0403. The zero-order valence-electron chi connectivity index (χ0n) is 13.7. The molecule has 0 radical (unpaired) electrons. The SMILES string of the molecule is CCNC(=O)CN=C(NCC)NCC(OC)C(C)(C)C. The van der Waals surface area contributed by atoms with Crippen LogP contribution in [-0.4, -0.2) is 51.3 Å². The zero-order valence-corrected chi connectivity index (χ0v) is 13.7. The molecule has 0 aromatic carbocycles. The number of nitrogens with zero attached hydrogens (tertiary/aromatic N) is 1. The number of methoxy groups -OCH3 is 1. The molecule has 0 saturated heterocycles. The van der Waals surface area contributed by atoms with Gasteiger partial charge in [0.2, 0.25) is 5.91 Å². The summed E-state index contributed by atoms with van der Waals surface area (Å²) in [6, 6.07) is 0. The fraction of sp³-hybridized carbons (Fsp3) is 0.857. The fourth-order valence-corrected chi connectivity index (χ4v) is 1.68. The fourth-order valence-electron chi connectivity index (χ4n) is 1.68. The first kappa shape index (κ1) is 18.7. The summed E-state index contributed by atoms with van der Waals surface area (Å²) in [5.74, 6) is 0.550. The summed E-state index contributed by atoms with van der Waals surface area (Å²) >= 11 is 0. The van der Waals surface area contributed by atoms with Gasteiger partial charge in [-0.15, -0.1) is 0 Å². The van der Waals surface area contributed by atoms with Crippen LogP contribution in [0.25, 0.3) is 0 Å². The van der Waals surface area contributed by atoms with E-state index in [-0.39, 0.29) is 24.0 Å².